The number of aromatic nitrogens is 2. The number of hydrogen-bond acceptors (Lipinski definition) is 3. The minimum Gasteiger partial charge on any atom is -0.256 e. The van der Waals surface area contributed by atoms with Crippen LogP contribution < -0.4 is 4.83 Å². The van der Waals surface area contributed by atoms with Gasteiger partial charge in [0, 0.05) is 34.2 Å². The van der Waals surface area contributed by atoms with E-state index in [1.54, 1.807) is 28.9 Å². The van der Waals surface area contributed by atoms with E-state index in [0.717, 1.165) is 50.1 Å². The SMILES string of the molecule is Cc1ccc(S(=O)(=O)Nn2cc3c4ccc(Cl)cc4nc-3c(-c3ccccc3)c2Cc2ccccc2)cc1. The quantitative estimate of drug-likeness (QED) is 0.242. The molecule has 0 saturated carbocycles. The second-order valence-electron chi connectivity index (χ2n) is 9.29. The molecule has 0 spiro atoms. The fraction of sp³-hybridized carbons (Fsp3) is 0.0645. The Morgan fingerprint density at radius 3 is 2.26 bits per heavy atom. The molecule has 0 unspecified atom stereocenters. The van der Waals surface area contributed by atoms with Crippen LogP contribution in [0.15, 0.2) is 114 Å². The van der Waals surface area contributed by atoms with Crippen molar-refractivity contribution in [1.29, 1.82) is 0 Å². The summed E-state index contributed by atoms with van der Waals surface area (Å²) < 4.78 is 28.8. The van der Waals surface area contributed by atoms with E-state index in [1.807, 2.05) is 92.0 Å². The third-order valence-corrected chi connectivity index (χ3v) is 8.20. The molecular weight excluding hydrogens is 514 g/mol. The van der Waals surface area contributed by atoms with Crippen LogP contribution in [0.1, 0.15) is 16.8 Å². The first kappa shape index (κ1) is 24.2. The van der Waals surface area contributed by atoms with Gasteiger partial charge in [0.2, 0.25) is 0 Å². The molecule has 7 heteroatoms. The van der Waals surface area contributed by atoms with E-state index in [0.29, 0.717) is 11.4 Å². The molecule has 2 heterocycles. The number of sulfonamides is 1. The van der Waals surface area contributed by atoms with Crippen molar-refractivity contribution in [2.75, 3.05) is 4.83 Å². The van der Waals surface area contributed by atoms with Crippen LogP contribution in [0.25, 0.3) is 33.3 Å². The molecule has 4 aromatic rings. The molecule has 2 aliphatic rings. The van der Waals surface area contributed by atoms with Gasteiger partial charge in [-0.05, 0) is 42.3 Å². The van der Waals surface area contributed by atoms with Gasteiger partial charge in [-0.15, -0.1) is 0 Å². The maximum atomic E-state index is 13.6. The Hall–Kier alpha value is -4.13. The minimum absolute atomic E-state index is 0.194. The topological polar surface area (TPSA) is 64.0 Å². The Kier molecular flexibility index (Phi) is 6.14. The first-order valence-corrected chi connectivity index (χ1v) is 14.1. The summed E-state index contributed by atoms with van der Waals surface area (Å²) in [4.78, 5) is 8.03. The number of nitrogens with one attached hydrogen (secondary N) is 1. The highest BCUT2D eigenvalue weighted by Crippen LogP contribution is 2.41. The summed E-state index contributed by atoms with van der Waals surface area (Å²) in [6.07, 6.45) is 2.32. The molecule has 0 aliphatic carbocycles. The monoisotopic (exact) mass is 537 g/mol. The molecule has 6 rings (SSSR count). The standard InChI is InChI=1S/C31H24ClN3O2S/c1-21-12-15-25(16-13-21)38(36,37)34-35-20-27-26-17-14-24(32)19-28(26)33-31(27)30(23-10-6-3-7-11-23)29(35)18-22-8-4-2-5-9-22/h2-17,19-20,34H,18H2,1H3. The van der Waals surface area contributed by atoms with Crippen molar-refractivity contribution in [2.24, 2.45) is 0 Å². The second kappa shape index (κ2) is 9.63. The van der Waals surface area contributed by atoms with Crippen molar-refractivity contribution in [2.45, 2.75) is 18.2 Å². The molecule has 0 aromatic heterocycles. The van der Waals surface area contributed by atoms with Crippen molar-refractivity contribution in [3.05, 3.63) is 131 Å². The zero-order valence-corrected chi connectivity index (χ0v) is 22.2. The van der Waals surface area contributed by atoms with E-state index < -0.39 is 10.0 Å². The molecule has 0 atom stereocenters. The van der Waals surface area contributed by atoms with E-state index in [4.69, 9.17) is 16.6 Å². The van der Waals surface area contributed by atoms with Crippen molar-refractivity contribution < 1.29 is 8.42 Å². The van der Waals surface area contributed by atoms with E-state index in [-0.39, 0.29) is 4.90 Å². The van der Waals surface area contributed by atoms with Gasteiger partial charge in [0.1, 0.15) is 0 Å². The Morgan fingerprint density at radius 2 is 1.55 bits per heavy atom. The van der Waals surface area contributed by atoms with Crippen molar-refractivity contribution in [3.8, 4) is 22.4 Å². The molecule has 2 aliphatic heterocycles. The molecule has 0 saturated heterocycles. The highest BCUT2D eigenvalue weighted by Gasteiger charge is 2.25. The van der Waals surface area contributed by atoms with Gasteiger partial charge in [-0.1, -0.05) is 96.0 Å². The summed E-state index contributed by atoms with van der Waals surface area (Å²) >= 11 is 6.30. The summed E-state index contributed by atoms with van der Waals surface area (Å²) in [6, 6.07) is 32.4. The Labute approximate surface area is 226 Å². The summed E-state index contributed by atoms with van der Waals surface area (Å²) in [5.74, 6) is 0. The maximum Gasteiger partial charge on any atom is 0.275 e. The van der Waals surface area contributed by atoms with Gasteiger partial charge in [-0.3, -0.25) is 4.68 Å². The summed E-state index contributed by atoms with van der Waals surface area (Å²) in [6.45, 7) is 1.93. The highest BCUT2D eigenvalue weighted by atomic mass is 35.5. The molecule has 38 heavy (non-hydrogen) atoms. The smallest absolute Gasteiger partial charge is 0.256 e. The lowest BCUT2D eigenvalue weighted by Crippen LogP contribution is -2.27. The number of benzene rings is 4. The lowest BCUT2D eigenvalue weighted by molar-refractivity contribution is 0.594. The van der Waals surface area contributed by atoms with Gasteiger partial charge in [-0.25, -0.2) is 9.82 Å². The number of aryl methyl sites for hydroxylation is 1. The summed E-state index contributed by atoms with van der Waals surface area (Å²) in [5, 5.41) is 1.50. The molecule has 0 bridgehead atoms. The first-order valence-electron chi connectivity index (χ1n) is 12.2. The maximum absolute atomic E-state index is 13.6. The lowest BCUT2D eigenvalue weighted by Gasteiger charge is -2.23. The summed E-state index contributed by atoms with van der Waals surface area (Å²) in [5.41, 5.74) is 7.01. The number of halogens is 1. The number of fused-ring (bicyclic) bond motifs is 3. The van der Waals surface area contributed by atoms with Crippen LogP contribution in [0, 0.1) is 6.92 Å². The number of rotatable bonds is 6. The predicted octanol–water partition coefficient (Wildman–Crippen LogP) is 7.29. The number of nitrogens with zero attached hydrogens (tertiary/aromatic N) is 2. The number of hydrogen-bond donors (Lipinski definition) is 1. The van der Waals surface area contributed by atoms with Crippen LogP contribution in [0.5, 0.6) is 0 Å². The van der Waals surface area contributed by atoms with Crippen molar-refractivity contribution in [3.63, 3.8) is 0 Å². The van der Waals surface area contributed by atoms with Crippen LogP contribution in [0.4, 0.5) is 0 Å². The minimum atomic E-state index is -3.88. The zero-order valence-electron chi connectivity index (χ0n) is 20.6. The van der Waals surface area contributed by atoms with E-state index in [2.05, 4.69) is 4.83 Å². The second-order valence-corrected chi connectivity index (χ2v) is 11.4. The van der Waals surface area contributed by atoms with Gasteiger partial charge >= 0.3 is 0 Å². The van der Waals surface area contributed by atoms with Gasteiger partial charge in [0.05, 0.1) is 21.8 Å². The lowest BCUT2D eigenvalue weighted by atomic mass is 9.94. The largest absolute Gasteiger partial charge is 0.275 e. The highest BCUT2D eigenvalue weighted by molar-refractivity contribution is 7.92. The fourth-order valence-corrected chi connectivity index (χ4v) is 5.96. The number of pyridine rings is 1. The van der Waals surface area contributed by atoms with Crippen LogP contribution in [-0.2, 0) is 16.4 Å². The van der Waals surface area contributed by atoms with Crippen LogP contribution in [0.3, 0.4) is 0 Å². The third-order valence-electron chi connectivity index (χ3n) is 6.64. The molecule has 1 N–H and O–H groups in total. The van der Waals surface area contributed by atoms with E-state index in [1.165, 1.54) is 0 Å². The van der Waals surface area contributed by atoms with Crippen molar-refractivity contribution >= 4 is 32.5 Å². The van der Waals surface area contributed by atoms with Gasteiger partial charge < -0.3 is 0 Å². The molecule has 4 aromatic carbocycles. The van der Waals surface area contributed by atoms with Gasteiger partial charge in [-0.2, -0.15) is 8.42 Å². The molecular formula is C31H24ClN3O2S. The molecule has 0 amide bonds. The average molecular weight is 538 g/mol. The molecule has 5 nitrogen and oxygen atoms in total. The summed E-state index contributed by atoms with van der Waals surface area (Å²) in [7, 11) is -3.88. The van der Waals surface area contributed by atoms with Crippen LogP contribution >= 0.6 is 11.6 Å². The van der Waals surface area contributed by atoms with Gasteiger partial charge in [0.25, 0.3) is 10.0 Å². The van der Waals surface area contributed by atoms with Crippen molar-refractivity contribution in [1.82, 2.24) is 9.66 Å². The average Bonchev–Trinajstić information content (AvgIpc) is 3.27. The zero-order chi connectivity index (χ0) is 26.3. The third kappa shape index (κ3) is 4.53. The van der Waals surface area contributed by atoms with Gasteiger partial charge in [0.15, 0.2) is 0 Å². The van der Waals surface area contributed by atoms with E-state index >= 15 is 0 Å². The normalized spacial score (nSPS) is 11.7. The molecule has 0 radical (unpaired) electrons. The Morgan fingerprint density at radius 1 is 0.868 bits per heavy atom. The van der Waals surface area contributed by atoms with Crippen LogP contribution in [-0.4, -0.2) is 18.1 Å². The fourth-order valence-electron chi connectivity index (χ4n) is 4.77. The van der Waals surface area contributed by atoms with Crippen LogP contribution in [0.2, 0.25) is 5.02 Å². The van der Waals surface area contributed by atoms with E-state index in [9.17, 15) is 8.42 Å². The molecule has 188 valence electrons. The predicted molar refractivity (Wildman–Crippen MR) is 154 cm³/mol. The first-order chi connectivity index (χ1) is 18.4. The Bertz CT molecular complexity index is 1830. The molecule has 0 fully saturated rings. The Balaban J connectivity index is 1.65.